The minimum absolute atomic E-state index is 0.0571. The monoisotopic (exact) mass is 421 g/mol. The van der Waals surface area contributed by atoms with E-state index >= 15 is 0 Å². The molecule has 2 aliphatic carbocycles. The standard InChI is InChI=1S/C32H23N/c1-2-8-22(9-3-1)31-19-24(16-17-33-31)23-14-15-25-20-32(21-26(25)18-23)29-12-6-4-10-27(29)28-11-5-7-13-30(28)32/h1-19H,20-21H2. The predicted molar refractivity (Wildman–Crippen MR) is 135 cm³/mol. The fourth-order valence-corrected chi connectivity index (χ4v) is 6.03. The number of aromatic nitrogens is 1. The minimum Gasteiger partial charge on any atom is -0.256 e. The molecule has 4 aromatic carbocycles. The van der Waals surface area contributed by atoms with Crippen molar-refractivity contribution in [1.82, 2.24) is 4.98 Å². The number of hydrogen-bond donors (Lipinski definition) is 0. The second-order valence-corrected chi connectivity index (χ2v) is 9.31. The zero-order chi connectivity index (χ0) is 21.8. The van der Waals surface area contributed by atoms with Crippen LogP contribution in [0.15, 0.2) is 115 Å². The first-order valence-electron chi connectivity index (χ1n) is 11.6. The van der Waals surface area contributed by atoms with Gasteiger partial charge in [0.25, 0.3) is 0 Å². The van der Waals surface area contributed by atoms with Crippen LogP contribution in [-0.2, 0) is 18.3 Å². The van der Waals surface area contributed by atoms with Gasteiger partial charge in [0.05, 0.1) is 5.69 Å². The van der Waals surface area contributed by atoms with E-state index in [0.29, 0.717) is 0 Å². The van der Waals surface area contributed by atoms with Gasteiger partial charge in [-0.1, -0.05) is 97.1 Å². The van der Waals surface area contributed by atoms with Crippen LogP contribution >= 0.6 is 0 Å². The summed E-state index contributed by atoms with van der Waals surface area (Å²) in [5, 5.41) is 0. The smallest absolute Gasteiger partial charge is 0.0708 e. The number of hydrogen-bond acceptors (Lipinski definition) is 1. The van der Waals surface area contributed by atoms with Crippen LogP contribution in [0.4, 0.5) is 0 Å². The maximum Gasteiger partial charge on any atom is 0.0708 e. The Balaban J connectivity index is 1.31. The number of fused-ring (bicyclic) bond motifs is 6. The molecule has 1 nitrogen and oxygen atoms in total. The summed E-state index contributed by atoms with van der Waals surface area (Å²) < 4.78 is 0. The van der Waals surface area contributed by atoms with E-state index in [2.05, 4.69) is 108 Å². The molecule has 0 atom stereocenters. The van der Waals surface area contributed by atoms with Crippen LogP contribution in [-0.4, -0.2) is 4.98 Å². The van der Waals surface area contributed by atoms with Gasteiger partial charge >= 0.3 is 0 Å². The lowest BCUT2D eigenvalue weighted by molar-refractivity contribution is 0.563. The van der Waals surface area contributed by atoms with E-state index in [0.717, 1.165) is 24.1 Å². The molecule has 33 heavy (non-hydrogen) atoms. The lowest BCUT2D eigenvalue weighted by Crippen LogP contribution is -2.25. The van der Waals surface area contributed by atoms with Crippen LogP contribution in [0.2, 0.25) is 0 Å². The van der Waals surface area contributed by atoms with E-state index in [1.807, 2.05) is 12.3 Å². The van der Waals surface area contributed by atoms with Crippen molar-refractivity contribution in [2.24, 2.45) is 0 Å². The minimum atomic E-state index is 0.0571. The first-order chi connectivity index (χ1) is 16.3. The molecule has 5 aromatic rings. The fraction of sp³-hybridized carbons (Fsp3) is 0.0938. The second-order valence-electron chi connectivity index (χ2n) is 9.31. The quantitative estimate of drug-likeness (QED) is 0.288. The maximum absolute atomic E-state index is 4.62. The Labute approximate surface area is 194 Å². The van der Waals surface area contributed by atoms with Gasteiger partial charge in [-0.15, -0.1) is 0 Å². The second kappa shape index (κ2) is 7.02. The van der Waals surface area contributed by atoms with Crippen molar-refractivity contribution in [3.63, 3.8) is 0 Å². The van der Waals surface area contributed by atoms with Gasteiger partial charge in [0.2, 0.25) is 0 Å². The average Bonchev–Trinajstić information content (AvgIpc) is 3.41. The summed E-state index contributed by atoms with van der Waals surface area (Å²) in [5.41, 5.74) is 13.4. The highest BCUT2D eigenvalue weighted by Crippen LogP contribution is 2.55. The Hall–Kier alpha value is -3.97. The van der Waals surface area contributed by atoms with Crippen molar-refractivity contribution >= 4 is 0 Å². The molecule has 156 valence electrons. The van der Waals surface area contributed by atoms with Gasteiger partial charge in [0.15, 0.2) is 0 Å². The van der Waals surface area contributed by atoms with Crippen molar-refractivity contribution in [3.8, 4) is 33.5 Å². The molecule has 1 heterocycles. The van der Waals surface area contributed by atoms with Gasteiger partial charge in [-0.2, -0.15) is 0 Å². The molecule has 0 unspecified atom stereocenters. The van der Waals surface area contributed by atoms with E-state index in [1.165, 1.54) is 44.5 Å². The number of rotatable bonds is 2. The molecule has 1 aromatic heterocycles. The summed E-state index contributed by atoms with van der Waals surface area (Å²) >= 11 is 0. The van der Waals surface area contributed by atoms with Gasteiger partial charge in [-0.3, -0.25) is 4.98 Å². The highest BCUT2D eigenvalue weighted by Gasteiger charge is 2.46. The molecule has 0 amide bonds. The van der Waals surface area contributed by atoms with E-state index in [9.17, 15) is 0 Å². The van der Waals surface area contributed by atoms with Gasteiger partial charge in [0, 0.05) is 17.2 Å². The summed E-state index contributed by atoms with van der Waals surface area (Å²) in [6, 6.07) is 39.8. The number of nitrogens with zero attached hydrogens (tertiary/aromatic N) is 1. The highest BCUT2D eigenvalue weighted by atomic mass is 14.7. The number of benzene rings is 4. The third-order valence-electron chi connectivity index (χ3n) is 7.53. The van der Waals surface area contributed by atoms with Gasteiger partial charge in [-0.05, 0) is 69.5 Å². The maximum atomic E-state index is 4.62. The Morgan fingerprint density at radius 3 is 1.91 bits per heavy atom. The predicted octanol–water partition coefficient (Wildman–Crippen LogP) is 7.48. The van der Waals surface area contributed by atoms with E-state index < -0.39 is 0 Å². The van der Waals surface area contributed by atoms with Crippen molar-refractivity contribution < 1.29 is 0 Å². The highest BCUT2D eigenvalue weighted by molar-refractivity contribution is 5.82. The summed E-state index contributed by atoms with van der Waals surface area (Å²) in [6.45, 7) is 0. The molecule has 7 rings (SSSR count). The van der Waals surface area contributed by atoms with Crippen LogP contribution in [0.5, 0.6) is 0 Å². The van der Waals surface area contributed by atoms with Gasteiger partial charge in [-0.25, -0.2) is 0 Å². The molecule has 1 heteroatoms. The van der Waals surface area contributed by atoms with Crippen LogP contribution in [0.3, 0.4) is 0 Å². The van der Waals surface area contributed by atoms with E-state index in [4.69, 9.17) is 0 Å². The van der Waals surface area contributed by atoms with Crippen molar-refractivity contribution in [1.29, 1.82) is 0 Å². The molecule has 2 aliphatic rings. The van der Waals surface area contributed by atoms with Crippen LogP contribution in [0.25, 0.3) is 33.5 Å². The van der Waals surface area contributed by atoms with Gasteiger partial charge < -0.3 is 0 Å². The molecule has 0 bridgehead atoms. The molecule has 0 radical (unpaired) electrons. The summed E-state index contributed by atoms with van der Waals surface area (Å²) in [7, 11) is 0. The summed E-state index contributed by atoms with van der Waals surface area (Å²) in [4.78, 5) is 4.62. The van der Waals surface area contributed by atoms with Crippen molar-refractivity contribution in [2.75, 3.05) is 0 Å². The Morgan fingerprint density at radius 1 is 0.515 bits per heavy atom. The normalized spacial score (nSPS) is 14.7. The molecular formula is C32H23N. The first kappa shape index (κ1) is 18.6. The van der Waals surface area contributed by atoms with E-state index in [1.54, 1.807) is 0 Å². The molecule has 0 aliphatic heterocycles. The SMILES string of the molecule is c1ccc(-c2cc(-c3ccc4c(c3)CC3(C4)c4ccccc4-c4ccccc43)ccn2)cc1. The largest absolute Gasteiger partial charge is 0.256 e. The lowest BCUT2D eigenvalue weighted by Gasteiger charge is -2.26. The van der Waals surface area contributed by atoms with Crippen LogP contribution in [0.1, 0.15) is 22.3 Å². The Kier molecular flexibility index (Phi) is 3.95. The summed E-state index contributed by atoms with van der Waals surface area (Å²) in [5.74, 6) is 0. The zero-order valence-electron chi connectivity index (χ0n) is 18.3. The van der Waals surface area contributed by atoms with Gasteiger partial charge in [0.1, 0.15) is 0 Å². The molecular weight excluding hydrogens is 398 g/mol. The van der Waals surface area contributed by atoms with Crippen molar-refractivity contribution in [2.45, 2.75) is 18.3 Å². The lowest BCUT2D eigenvalue weighted by atomic mass is 9.76. The fourth-order valence-electron chi connectivity index (χ4n) is 6.03. The molecule has 0 saturated carbocycles. The number of pyridine rings is 1. The molecule has 0 N–H and O–H groups in total. The third-order valence-corrected chi connectivity index (χ3v) is 7.53. The Bertz CT molecular complexity index is 1470. The first-order valence-corrected chi connectivity index (χ1v) is 11.6. The van der Waals surface area contributed by atoms with E-state index in [-0.39, 0.29) is 5.41 Å². The third kappa shape index (κ3) is 2.75. The Morgan fingerprint density at radius 2 is 1.15 bits per heavy atom. The molecule has 0 fully saturated rings. The average molecular weight is 422 g/mol. The molecule has 0 saturated heterocycles. The van der Waals surface area contributed by atoms with Crippen LogP contribution in [0, 0.1) is 0 Å². The molecule has 1 spiro atoms. The topological polar surface area (TPSA) is 12.9 Å². The van der Waals surface area contributed by atoms with Crippen LogP contribution < -0.4 is 0 Å². The van der Waals surface area contributed by atoms with Crippen molar-refractivity contribution in [3.05, 3.63) is 138 Å². The zero-order valence-corrected chi connectivity index (χ0v) is 18.3. The summed E-state index contributed by atoms with van der Waals surface area (Å²) in [6.07, 6.45) is 4.05.